The molecule has 4 aromatic heterocycles. The summed E-state index contributed by atoms with van der Waals surface area (Å²) in [5.74, 6) is -0.512. The van der Waals surface area contributed by atoms with Crippen LogP contribution in [0.1, 0.15) is 6.23 Å². The number of aliphatic hydroxyl groups is 4. The molecule has 6 heterocycles. The lowest BCUT2D eigenvalue weighted by molar-refractivity contribution is -0.0527. The van der Waals surface area contributed by atoms with Crippen molar-refractivity contribution in [3.63, 3.8) is 0 Å². The Hall–Kier alpha value is -3.61. The van der Waals surface area contributed by atoms with Crippen molar-refractivity contribution in [3.05, 3.63) is 33.4 Å². The van der Waals surface area contributed by atoms with E-state index in [1.807, 2.05) is 0 Å². The number of nitrogens with two attached hydrogens (primary N) is 2. The van der Waals surface area contributed by atoms with E-state index in [9.17, 15) is 63.3 Å². The molecule has 0 spiro atoms. The van der Waals surface area contributed by atoms with Crippen molar-refractivity contribution in [1.29, 1.82) is 0 Å². The number of aromatic amines is 2. The number of phosphoric ester groups is 3. The standard InChI is InChI=1S/C24H35N10O20P3/c25-23-29-18-12(20(39)31-23)27-6-33(18)1-9-14(35)15(36)10(52-9)4-50-56(44,45)48-2-8(54-55(41,42)43)3-49-57(46,47)51-5-11-16(37)17(38)22(53-11)34-7-28-13-19(34)30-24(26)32-21(13)40/h6-11,14-17,22,35-38H,1-5H2,(H,44,45)(H,46,47)(H2,41,42,43)(H3,25,29,31,39)(H3,26,30,32,40)/t8?,9?,10?,11?,14?,15?,16-,17-,22?/m1/s1. The van der Waals surface area contributed by atoms with Crippen LogP contribution in [0.3, 0.4) is 0 Å². The third kappa shape index (κ3) is 9.99. The molecule has 2 saturated heterocycles. The van der Waals surface area contributed by atoms with Crippen LogP contribution >= 0.6 is 23.5 Å². The minimum Gasteiger partial charge on any atom is -0.388 e. The first-order valence-electron chi connectivity index (χ1n) is 16.0. The number of hydrogen-bond acceptors (Lipinski definition) is 22. The van der Waals surface area contributed by atoms with Gasteiger partial charge in [0, 0.05) is 0 Å². The number of aromatic nitrogens is 8. The van der Waals surface area contributed by atoms with Gasteiger partial charge in [0.05, 0.1) is 45.6 Å². The molecule has 30 nitrogen and oxygen atoms in total. The van der Waals surface area contributed by atoms with Crippen molar-refractivity contribution in [2.45, 2.75) is 61.6 Å². The minimum atomic E-state index is -5.41. The van der Waals surface area contributed by atoms with E-state index < -0.39 is 116 Å². The topological polar surface area (TPSA) is 457 Å². The van der Waals surface area contributed by atoms with Gasteiger partial charge < -0.3 is 65.5 Å². The van der Waals surface area contributed by atoms with Crippen molar-refractivity contribution in [1.82, 2.24) is 39.0 Å². The highest BCUT2D eigenvalue weighted by Crippen LogP contribution is 2.48. The van der Waals surface area contributed by atoms with Gasteiger partial charge in [0.2, 0.25) is 11.9 Å². The molecule has 0 bridgehead atoms. The zero-order chi connectivity index (χ0) is 41.6. The van der Waals surface area contributed by atoms with E-state index in [2.05, 4.69) is 34.4 Å². The summed E-state index contributed by atoms with van der Waals surface area (Å²) in [4.78, 5) is 83.3. The highest BCUT2D eigenvalue weighted by molar-refractivity contribution is 7.47. The number of aliphatic hydroxyl groups excluding tert-OH is 4. The van der Waals surface area contributed by atoms with Gasteiger partial charge in [-0.3, -0.25) is 46.7 Å². The molecule has 9 unspecified atom stereocenters. The van der Waals surface area contributed by atoms with Crippen LogP contribution < -0.4 is 22.6 Å². The minimum absolute atomic E-state index is 0.0369. The van der Waals surface area contributed by atoms with Crippen LogP contribution in [0.5, 0.6) is 0 Å². The maximum Gasteiger partial charge on any atom is 0.472 e. The first kappa shape index (κ1) is 43.0. The van der Waals surface area contributed by atoms with Gasteiger partial charge in [-0.25, -0.2) is 23.7 Å². The molecule has 0 radical (unpaired) electrons. The predicted molar refractivity (Wildman–Crippen MR) is 182 cm³/mol. The summed E-state index contributed by atoms with van der Waals surface area (Å²) in [5, 5.41) is 42.1. The highest BCUT2D eigenvalue weighted by atomic mass is 31.2. The Morgan fingerprint density at radius 2 is 1.21 bits per heavy atom. The smallest absolute Gasteiger partial charge is 0.388 e. The third-order valence-electron chi connectivity index (χ3n) is 8.33. The summed E-state index contributed by atoms with van der Waals surface area (Å²) in [6, 6.07) is 0. The van der Waals surface area contributed by atoms with Crippen molar-refractivity contribution >= 4 is 57.7 Å². The fraction of sp³-hybridized carbons (Fsp3) is 0.583. The van der Waals surface area contributed by atoms with Crippen LogP contribution in [0.2, 0.25) is 0 Å². The zero-order valence-corrected chi connectivity index (χ0v) is 31.2. The van der Waals surface area contributed by atoms with Crippen molar-refractivity contribution in [2.24, 2.45) is 0 Å². The predicted octanol–water partition coefficient (Wildman–Crippen LogP) is -4.73. The van der Waals surface area contributed by atoms with E-state index in [-0.39, 0.29) is 40.8 Å². The molecular weight excluding hydrogens is 841 g/mol. The third-order valence-corrected chi connectivity index (χ3v) is 10.8. The van der Waals surface area contributed by atoms with Crippen molar-refractivity contribution in [2.75, 3.05) is 37.9 Å². The molecular formula is C24H35N10O20P3. The number of nitrogen functional groups attached to an aromatic ring is 2. The molecule has 33 heteroatoms. The molecule has 6 rings (SSSR count). The summed E-state index contributed by atoms with van der Waals surface area (Å²) in [6.07, 6.45) is -12.1. The van der Waals surface area contributed by atoms with Gasteiger partial charge in [0.1, 0.15) is 48.8 Å². The molecule has 4 aromatic rings. The Morgan fingerprint density at radius 1 is 0.719 bits per heavy atom. The Morgan fingerprint density at radius 3 is 1.79 bits per heavy atom. The number of fused-ring (bicyclic) bond motifs is 2. The zero-order valence-electron chi connectivity index (χ0n) is 28.5. The number of hydrogen-bond donors (Lipinski definition) is 12. The first-order chi connectivity index (χ1) is 26.6. The summed E-state index contributed by atoms with van der Waals surface area (Å²) in [7, 11) is -15.8. The van der Waals surface area contributed by atoms with Gasteiger partial charge in [-0.15, -0.1) is 0 Å². The molecule has 0 saturated carbocycles. The van der Waals surface area contributed by atoms with Crippen LogP contribution in [0.4, 0.5) is 11.9 Å². The lowest BCUT2D eigenvalue weighted by Crippen LogP contribution is -2.35. The summed E-state index contributed by atoms with van der Waals surface area (Å²) >= 11 is 0. The van der Waals surface area contributed by atoms with Crippen LogP contribution in [0.15, 0.2) is 22.2 Å². The largest absolute Gasteiger partial charge is 0.472 e. The maximum atomic E-state index is 12.6. The van der Waals surface area contributed by atoms with E-state index in [1.54, 1.807) is 0 Å². The Kier molecular flexibility index (Phi) is 12.5. The number of H-pyrrole nitrogens is 2. The van der Waals surface area contributed by atoms with E-state index in [0.29, 0.717) is 0 Å². The number of nitrogens with zero attached hydrogens (tertiary/aromatic N) is 6. The Bertz CT molecular complexity index is 2350. The highest BCUT2D eigenvalue weighted by Gasteiger charge is 2.46. The summed E-state index contributed by atoms with van der Waals surface area (Å²) < 4.78 is 73.8. The average Bonchev–Trinajstić information content (AvgIpc) is 3.86. The molecule has 14 N–H and O–H groups in total. The van der Waals surface area contributed by atoms with Gasteiger partial charge in [0.25, 0.3) is 11.1 Å². The Balaban J connectivity index is 1.00. The number of anilines is 2. The van der Waals surface area contributed by atoms with Gasteiger partial charge in [0.15, 0.2) is 28.6 Å². The normalized spacial score (nSPS) is 28.2. The Labute approximate surface area is 315 Å². The first-order valence-corrected chi connectivity index (χ1v) is 20.6. The number of rotatable bonds is 17. The van der Waals surface area contributed by atoms with E-state index in [0.717, 1.165) is 10.9 Å². The van der Waals surface area contributed by atoms with Gasteiger partial charge >= 0.3 is 23.5 Å². The lowest BCUT2D eigenvalue weighted by Gasteiger charge is -2.22. The molecule has 2 fully saturated rings. The molecule has 0 aliphatic carbocycles. The fourth-order valence-corrected chi connectivity index (χ4v) is 7.75. The summed E-state index contributed by atoms with van der Waals surface area (Å²) in [6.45, 7) is -4.48. The van der Waals surface area contributed by atoms with Crippen molar-refractivity contribution < 1.29 is 85.8 Å². The monoisotopic (exact) mass is 876 g/mol. The van der Waals surface area contributed by atoms with E-state index in [4.69, 9.17) is 39.0 Å². The quantitative estimate of drug-likeness (QED) is 0.0443. The molecule has 57 heavy (non-hydrogen) atoms. The van der Waals surface area contributed by atoms with Crippen LogP contribution in [0.25, 0.3) is 22.3 Å². The van der Waals surface area contributed by atoms with Gasteiger partial charge in [-0.1, -0.05) is 0 Å². The van der Waals surface area contributed by atoms with E-state index >= 15 is 0 Å². The maximum absolute atomic E-state index is 12.6. The number of ether oxygens (including phenoxy) is 2. The molecule has 2 aliphatic rings. The van der Waals surface area contributed by atoms with E-state index in [1.165, 1.54) is 10.9 Å². The second-order valence-electron chi connectivity index (χ2n) is 12.4. The number of imidazole rings is 2. The average molecular weight is 877 g/mol. The van der Waals surface area contributed by atoms with Crippen LogP contribution in [-0.4, -0.2) is 154 Å². The molecule has 2 aliphatic heterocycles. The fourth-order valence-electron chi connectivity index (χ4n) is 5.71. The second-order valence-corrected chi connectivity index (χ2v) is 16.5. The van der Waals surface area contributed by atoms with Gasteiger partial charge in [-0.2, -0.15) is 9.97 Å². The molecule has 11 atom stereocenters. The SMILES string of the molecule is Nc1nc2c(ncn2CC2OC(COP(=O)(O)OCC(COP(=O)(O)OCC3OC(n4cnc5c(=O)[nH]c(N)nc54)[C@H](O)[C@@H]3O)OP(=O)(O)O)C(O)C2O)c(=O)[nH]1. The lowest BCUT2D eigenvalue weighted by atomic mass is 10.1. The number of nitrogens with one attached hydrogen (secondary N) is 2. The van der Waals surface area contributed by atoms with Crippen molar-refractivity contribution in [3.8, 4) is 0 Å². The summed E-state index contributed by atoms with van der Waals surface area (Å²) in [5.41, 5.74) is 9.46. The molecule has 0 amide bonds. The second kappa shape index (κ2) is 16.6. The molecule has 316 valence electrons. The van der Waals surface area contributed by atoms with Gasteiger partial charge in [-0.05, 0) is 0 Å². The van der Waals surface area contributed by atoms with Crippen LogP contribution in [-0.2, 0) is 52.3 Å². The number of phosphoric acid groups is 3. The molecule has 0 aromatic carbocycles. The van der Waals surface area contributed by atoms with Crippen LogP contribution in [0, 0.1) is 0 Å².